The summed E-state index contributed by atoms with van der Waals surface area (Å²) < 4.78 is 0. The van der Waals surface area contributed by atoms with Crippen LogP contribution in [-0.4, -0.2) is 18.6 Å². The molecule has 2 rings (SSSR count). The van der Waals surface area contributed by atoms with Crippen LogP contribution in [0.25, 0.3) is 5.57 Å². The molecule has 1 aliphatic rings. The fraction of sp³-hybridized carbons (Fsp3) is 0.455. The van der Waals surface area contributed by atoms with Gasteiger partial charge in [0.25, 0.3) is 0 Å². The lowest BCUT2D eigenvalue weighted by atomic mass is 10.0. The van der Waals surface area contributed by atoms with E-state index in [4.69, 9.17) is 0 Å². The minimum atomic E-state index is 0.279. The van der Waals surface area contributed by atoms with Gasteiger partial charge in [0.2, 0.25) is 0 Å². The molecule has 0 heterocycles. The Bertz CT molecular complexity index is 630. The van der Waals surface area contributed by atoms with Gasteiger partial charge in [0, 0.05) is 18.6 Å². The van der Waals surface area contributed by atoms with Gasteiger partial charge < -0.3 is 16.0 Å². The molecule has 25 heavy (non-hydrogen) atoms. The first-order valence-corrected chi connectivity index (χ1v) is 9.41. The fourth-order valence-corrected chi connectivity index (χ4v) is 3.66. The molecule has 0 saturated carbocycles. The van der Waals surface area contributed by atoms with Crippen LogP contribution in [0.5, 0.6) is 0 Å². The van der Waals surface area contributed by atoms with Crippen LogP contribution in [0.2, 0.25) is 0 Å². The highest BCUT2D eigenvalue weighted by molar-refractivity contribution is 5.75. The highest BCUT2D eigenvalue weighted by atomic mass is 15.1. The van der Waals surface area contributed by atoms with Crippen molar-refractivity contribution in [3.05, 3.63) is 66.1 Å². The summed E-state index contributed by atoms with van der Waals surface area (Å²) in [5.41, 5.74) is 5.69. The Morgan fingerprint density at radius 3 is 2.68 bits per heavy atom. The number of benzene rings is 1. The van der Waals surface area contributed by atoms with E-state index in [-0.39, 0.29) is 6.04 Å². The van der Waals surface area contributed by atoms with Gasteiger partial charge >= 0.3 is 0 Å². The summed E-state index contributed by atoms with van der Waals surface area (Å²) >= 11 is 0. The van der Waals surface area contributed by atoms with Crippen LogP contribution in [0.1, 0.15) is 51.2 Å². The maximum absolute atomic E-state index is 4.21. The summed E-state index contributed by atoms with van der Waals surface area (Å²) in [6.07, 6.45) is 6.15. The Morgan fingerprint density at radius 1 is 1.24 bits per heavy atom. The van der Waals surface area contributed by atoms with E-state index in [2.05, 4.69) is 74.1 Å². The summed E-state index contributed by atoms with van der Waals surface area (Å²) in [5.74, 6) is 0.917. The molecule has 0 saturated heterocycles. The molecule has 0 fully saturated rings. The highest BCUT2D eigenvalue weighted by Crippen LogP contribution is 2.33. The Labute approximate surface area is 153 Å². The number of fused-ring (bicyclic) bond motifs is 1. The van der Waals surface area contributed by atoms with Crippen molar-refractivity contribution in [3.8, 4) is 0 Å². The van der Waals surface area contributed by atoms with Crippen LogP contribution in [-0.2, 0) is 6.42 Å². The standard InChI is InChI=1S/C22H33N3/c1-6-10-20(13-14-23-7-2)25-18(5)24-17(4)22-15-19-11-8-9-12-21(19)16(22)3/h7-9,11-12,17,20,23-25H,2,5-6,10,13-15H2,1,3-4H3. The minimum Gasteiger partial charge on any atom is -0.391 e. The van der Waals surface area contributed by atoms with Crippen molar-refractivity contribution in [2.45, 2.75) is 58.5 Å². The Balaban J connectivity index is 1.91. The van der Waals surface area contributed by atoms with E-state index in [0.717, 1.165) is 38.0 Å². The van der Waals surface area contributed by atoms with Crippen molar-refractivity contribution < 1.29 is 0 Å². The van der Waals surface area contributed by atoms with Crippen LogP contribution in [0.4, 0.5) is 0 Å². The largest absolute Gasteiger partial charge is 0.391 e. The number of hydrogen-bond donors (Lipinski definition) is 3. The summed E-state index contributed by atoms with van der Waals surface area (Å²) in [7, 11) is 0. The molecular weight excluding hydrogens is 306 g/mol. The first kappa shape index (κ1) is 19.2. The van der Waals surface area contributed by atoms with Crippen LogP contribution in [0.3, 0.4) is 0 Å². The first-order valence-electron chi connectivity index (χ1n) is 9.41. The smallest absolute Gasteiger partial charge is 0.0919 e. The van der Waals surface area contributed by atoms with Crippen molar-refractivity contribution >= 4 is 5.57 Å². The van der Waals surface area contributed by atoms with Crippen molar-refractivity contribution in [1.82, 2.24) is 16.0 Å². The zero-order valence-electron chi connectivity index (χ0n) is 16.0. The van der Waals surface area contributed by atoms with E-state index in [9.17, 15) is 0 Å². The molecule has 2 atom stereocenters. The van der Waals surface area contributed by atoms with Crippen LogP contribution in [0, 0.1) is 0 Å². The van der Waals surface area contributed by atoms with Crippen molar-refractivity contribution in [2.75, 3.05) is 6.54 Å². The average Bonchev–Trinajstić information content (AvgIpc) is 2.92. The third-order valence-electron chi connectivity index (χ3n) is 4.99. The van der Waals surface area contributed by atoms with Gasteiger partial charge in [-0.3, -0.25) is 0 Å². The van der Waals surface area contributed by atoms with Gasteiger partial charge in [0.05, 0.1) is 5.82 Å². The van der Waals surface area contributed by atoms with E-state index >= 15 is 0 Å². The normalized spacial score (nSPS) is 15.3. The molecule has 1 aliphatic carbocycles. The van der Waals surface area contributed by atoms with Crippen LogP contribution in [0.15, 0.2) is 55.0 Å². The third-order valence-corrected chi connectivity index (χ3v) is 4.99. The topological polar surface area (TPSA) is 36.1 Å². The lowest BCUT2D eigenvalue weighted by molar-refractivity contribution is 0.459. The molecule has 3 N–H and O–H groups in total. The van der Waals surface area contributed by atoms with Crippen molar-refractivity contribution in [1.29, 1.82) is 0 Å². The second kappa shape index (κ2) is 9.36. The Kier molecular flexibility index (Phi) is 7.17. The maximum Gasteiger partial charge on any atom is 0.0919 e. The molecule has 0 amide bonds. The quantitative estimate of drug-likeness (QED) is 0.525. The Hall–Kier alpha value is -2.16. The Morgan fingerprint density at radius 2 is 2.00 bits per heavy atom. The highest BCUT2D eigenvalue weighted by Gasteiger charge is 2.22. The average molecular weight is 340 g/mol. The van der Waals surface area contributed by atoms with Gasteiger partial charge in [0.1, 0.15) is 0 Å². The molecule has 0 radical (unpaired) electrons. The lowest BCUT2D eigenvalue weighted by Crippen LogP contribution is -2.39. The molecule has 3 heteroatoms. The van der Waals surface area contributed by atoms with Crippen LogP contribution < -0.4 is 16.0 Å². The summed E-state index contributed by atoms with van der Waals surface area (Å²) in [4.78, 5) is 0. The maximum atomic E-state index is 4.21. The van der Waals surface area contributed by atoms with Gasteiger partial charge in [0.15, 0.2) is 0 Å². The van der Waals surface area contributed by atoms with E-state index in [1.165, 1.54) is 22.3 Å². The molecule has 136 valence electrons. The summed E-state index contributed by atoms with van der Waals surface area (Å²) in [5, 5.41) is 10.3. The second-order valence-electron chi connectivity index (χ2n) is 6.91. The van der Waals surface area contributed by atoms with Crippen LogP contribution >= 0.6 is 0 Å². The molecule has 0 aliphatic heterocycles. The molecule has 3 nitrogen and oxygen atoms in total. The van der Waals surface area contributed by atoms with Gasteiger partial charge in [-0.2, -0.15) is 0 Å². The van der Waals surface area contributed by atoms with Gasteiger partial charge in [-0.15, -0.1) is 0 Å². The van der Waals surface area contributed by atoms with Crippen molar-refractivity contribution in [3.63, 3.8) is 0 Å². The molecule has 0 bridgehead atoms. The fourth-order valence-electron chi connectivity index (χ4n) is 3.66. The SMILES string of the molecule is C=CNCCC(CCC)NC(=C)NC(C)C1=C(C)c2ccccc2C1. The molecule has 0 aromatic heterocycles. The predicted octanol–water partition coefficient (Wildman–Crippen LogP) is 4.35. The summed E-state index contributed by atoms with van der Waals surface area (Å²) in [6.45, 7) is 15.5. The predicted molar refractivity (Wildman–Crippen MR) is 109 cm³/mol. The van der Waals surface area contributed by atoms with Crippen molar-refractivity contribution in [2.24, 2.45) is 0 Å². The van der Waals surface area contributed by atoms with Gasteiger partial charge in [-0.25, -0.2) is 0 Å². The molecule has 2 unspecified atom stereocenters. The second-order valence-corrected chi connectivity index (χ2v) is 6.91. The molecule has 1 aromatic rings. The number of allylic oxidation sites excluding steroid dienone is 1. The molecule has 0 spiro atoms. The monoisotopic (exact) mass is 339 g/mol. The van der Waals surface area contributed by atoms with Gasteiger partial charge in [-0.05, 0) is 61.6 Å². The van der Waals surface area contributed by atoms with E-state index in [1.807, 2.05) is 0 Å². The molecular formula is C22H33N3. The number of rotatable bonds is 11. The van der Waals surface area contributed by atoms with Gasteiger partial charge in [-0.1, -0.05) is 50.8 Å². The van der Waals surface area contributed by atoms with E-state index in [0.29, 0.717) is 6.04 Å². The van der Waals surface area contributed by atoms with E-state index < -0.39 is 0 Å². The zero-order chi connectivity index (χ0) is 18.2. The molecule has 1 aromatic carbocycles. The number of nitrogens with one attached hydrogen (secondary N) is 3. The third kappa shape index (κ3) is 5.15. The summed E-state index contributed by atoms with van der Waals surface area (Å²) in [6, 6.07) is 9.41. The lowest BCUT2D eigenvalue weighted by Gasteiger charge is -2.25. The zero-order valence-corrected chi connectivity index (χ0v) is 16.0. The minimum absolute atomic E-state index is 0.279. The number of hydrogen-bond acceptors (Lipinski definition) is 3. The first-order chi connectivity index (χ1) is 12.1. The van der Waals surface area contributed by atoms with E-state index in [1.54, 1.807) is 6.20 Å².